The first-order valence-electron chi connectivity index (χ1n) is 12.0. The number of nitrogens with zero attached hydrogens (tertiary/aromatic N) is 1. The molecule has 38 heavy (non-hydrogen) atoms. The Bertz CT molecular complexity index is 1450. The Morgan fingerprint density at radius 1 is 0.658 bits per heavy atom. The molecular formula is C30H32Br2N2O4. The molecular weight excluding hydrogens is 612 g/mol. The van der Waals surface area contributed by atoms with E-state index in [0.717, 1.165) is 31.2 Å². The minimum absolute atomic E-state index is 0.368. The van der Waals surface area contributed by atoms with Crippen molar-refractivity contribution in [2.45, 2.75) is 52.7 Å². The molecule has 4 rings (SSSR count). The van der Waals surface area contributed by atoms with Crippen molar-refractivity contribution in [3.63, 3.8) is 0 Å². The van der Waals surface area contributed by atoms with Gasteiger partial charge in [0.1, 0.15) is 11.2 Å². The van der Waals surface area contributed by atoms with Gasteiger partial charge in [-0.25, -0.2) is 9.59 Å². The van der Waals surface area contributed by atoms with E-state index in [2.05, 4.69) is 44.0 Å². The van der Waals surface area contributed by atoms with E-state index in [1.807, 2.05) is 54.6 Å². The van der Waals surface area contributed by atoms with Crippen LogP contribution < -0.4 is 10.6 Å². The fourth-order valence-corrected chi connectivity index (χ4v) is 4.70. The number of hydrogen-bond acceptors (Lipinski definition) is 5. The van der Waals surface area contributed by atoms with Gasteiger partial charge in [0.25, 0.3) is 0 Å². The van der Waals surface area contributed by atoms with Gasteiger partial charge < -0.3 is 15.2 Å². The molecule has 0 aliphatic rings. The first kappa shape index (κ1) is 29.5. The molecule has 200 valence electrons. The van der Waals surface area contributed by atoms with Gasteiger partial charge in [-0.05, 0) is 107 Å². The third-order valence-corrected chi connectivity index (χ3v) is 6.85. The number of carbonyl (C=O) groups excluding carboxylic acids is 2. The standard InChI is InChI=1S/C20H24BrNO4.C10H8BrN/c1-19(2,3)25-17(23)22(18(24)26-20(4,5)6)15-12-11-13-9-7-8-10-14(13)16(15)21;11-10-8-4-2-1-3-7(8)5-6-9(10)12/h7-12H,1-6H3;1-6H,12H2. The largest absolute Gasteiger partial charge is 0.443 e. The smallest absolute Gasteiger partial charge is 0.424 e. The highest BCUT2D eigenvalue weighted by atomic mass is 79.9. The summed E-state index contributed by atoms with van der Waals surface area (Å²) in [7, 11) is 0. The first-order chi connectivity index (χ1) is 17.7. The molecule has 8 heteroatoms. The molecule has 0 saturated heterocycles. The third-order valence-electron chi connectivity index (χ3n) is 5.13. The lowest BCUT2D eigenvalue weighted by molar-refractivity contribution is 0.0430. The fourth-order valence-electron chi connectivity index (χ4n) is 3.53. The van der Waals surface area contributed by atoms with Crippen LogP contribution in [0.2, 0.25) is 0 Å². The lowest BCUT2D eigenvalue weighted by Crippen LogP contribution is -2.44. The Hall–Kier alpha value is -3.10. The van der Waals surface area contributed by atoms with E-state index in [4.69, 9.17) is 15.2 Å². The zero-order chi connectivity index (χ0) is 28.3. The topological polar surface area (TPSA) is 81.9 Å². The second-order valence-corrected chi connectivity index (χ2v) is 12.2. The predicted octanol–water partition coefficient (Wildman–Crippen LogP) is 9.46. The Labute approximate surface area is 240 Å². The molecule has 2 N–H and O–H groups in total. The van der Waals surface area contributed by atoms with Crippen molar-refractivity contribution < 1.29 is 19.1 Å². The number of carbonyl (C=O) groups is 2. The van der Waals surface area contributed by atoms with Crippen LogP contribution in [0.15, 0.2) is 81.7 Å². The van der Waals surface area contributed by atoms with Gasteiger partial charge in [-0.1, -0.05) is 60.7 Å². The Balaban J connectivity index is 0.000000275. The number of hydrogen-bond donors (Lipinski definition) is 1. The van der Waals surface area contributed by atoms with Crippen LogP contribution in [-0.2, 0) is 9.47 Å². The Kier molecular flexibility index (Phi) is 9.10. The predicted molar refractivity (Wildman–Crippen MR) is 163 cm³/mol. The van der Waals surface area contributed by atoms with Crippen molar-refractivity contribution >= 4 is 77.0 Å². The van der Waals surface area contributed by atoms with Gasteiger partial charge in [0.05, 0.1) is 5.69 Å². The van der Waals surface area contributed by atoms with Gasteiger partial charge in [0.15, 0.2) is 0 Å². The van der Waals surface area contributed by atoms with Crippen LogP contribution in [-0.4, -0.2) is 23.4 Å². The minimum Gasteiger partial charge on any atom is -0.443 e. The zero-order valence-electron chi connectivity index (χ0n) is 22.3. The van der Waals surface area contributed by atoms with E-state index in [0.29, 0.717) is 10.2 Å². The molecule has 0 radical (unpaired) electrons. The van der Waals surface area contributed by atoms with E-state index in [1.54, 1.807) is 47.6 Å². The quantitative estimate of drug-likeness (QED) is 0.209. The van der Waals surface area contributed by atoms with Crippen LogP contribution in [0, 0.1) is 0 Å². The SMILES string of the molecule is CC(C)(C)OC(=O)N(C(=O)OC(C)(C)C)c1ccc2ccccc2c1Br.Nc1ccc2ccccc2c1Br. The van der Waals surface area contributed by atoms with E-state index in [-0.39, 0.29) is 0 Å². The van der Waals surface area contributed by atoms with Crippen LogP contribution in [0.4, 0.5) is 21.0 Å². The molecule has 0 fully saturated rings. The number of ether oxygens (including phenoxy) is 2. The highest BCUT2D eigenvalue weighted by Crippen LogP contribution is 2.35. The second kappa shape index (κ2) is 11.7. The van der Waals surface area contributed by atoms with Crippen molar-refractivity contribution in [1.29, 1.82) is 0 Å². The summed E-state index contributed by atoms with van der Waals surface area (Å²) in [5, 5.41) is 4.23. The molecule has 0 aliphatic carbocycles. The lowest BCUT2D eigenvalue weighted by atomic mass is 10.1. The summed E-state index contributed by atoms with van der Waals surface area (Å²) >= 11 is 6.98. The molecule has 0 atom stereocenters. The average Bonchev–Trinajstić information content (AvgIpc) is 2.82. The van der Waals surface area contributed by atoms with Crippen LogP contribution in [0.25, 0.3) is 21.5 Å². The molecule has 2 amide bonds. The van der Waals surface area contributed by atoms with E-state index in [1.165, 1.54) is 5.39 Å². The first-order valence-corrected chi connectivity index (χ1v) is 13.6. The highest BCUT2D eigenvalue weighted by molar-refractivity contribution is 9.11. The molecule has 0 aliphatic heterocycles. The molecule has 0 saturated carbocycles. The van der Waals surface area contributed by atoms with Crippen molar-refractivity contribution in [3.8, 4) is 0 Å². The third kappa shape index (κ3) is 7.48. The summed E-state index contributed by atoms with van der Waals surface area (Å²) in [4.78, 5) is 26.4. The van der Waals surface area contributed by atoms with E-state index >= 15 is 0 Å². The molecule has 0 spiro atoms. The normalized spacial score (nSPS) is 11.5. The van der Waals surface area contributed by atoms with Crippen LogP contribution in [0.5, 0.6) is 0 Å². The molecule has 6 nitrogen and oxygen atoms in total. The Morgan fingerprint density at radius 3 is 1.55 bits per heavy atom. The summed E-state index contributed by atoms with van der Waals surface area (Å²) in [5.41, 5.74) is 5.39. The minimum atomic E-state index is -0.789. The van der Waals surface area contributed by atoms with E-state index in [9.17, 15) is 9.59 Å². The average molecular weight is 644 g/mol. The Morgan fingerprint density at radius 2 is 1.08 bits per heavy atom. The molecule has 0 bridgehead atoms. The summed E-state index contributed by atoms with van der Waals surface area (Å²) in [5.74, 6) is 0. The maximum absolute atomic E-state index is 12.8. The van der Waals surface area contributed by atoms with Gasteiger partial charge in [-0.15, -0.1) is 0 Å². The van der Waals surface area contributed by atoms with Crippen LogP contribution >= 0.6 is 31.9 Å². The number of benzene rings is 4. The van der Waals surface area contributed by atoms with Crippen LogP contribution in [0.1, 0.15) is 41.5 Å². The molecule has 0 aromatic heterocycles. The number of anilines is 2. The summed E-state index contributed by atoms with van der Waals surface area (Å²) in [6.07, 6.45) is -1.58. The molecule has 4 aromatic carbocycles. The van der Waals surface area contributed by atoms with Crippen molar-refractivity contribution in [2.24, 2.45) is 0 Å². The van der Waals surface area contributed by atoms with Gasteiger partial charge in [-0.2, -0.15) is 4.90 Å². The van der Waals surface area contributed by atoms with Crippen molar-refractivity contribution in [1.82, 2.24) is 0 Å². The number of nitrogens with two attached hydrogens (primary N) is 1. The van der Waals surface area contributed by atoms with Crippen molar-refractivity contribution in [3.05, 3.63) is 81.7 Å². The number of amides is 2. The van der Waals surface area contributed by atoms with Gasteiger partial charge in [0, 0.05) is 14.6 Å². The van der Waals surface area contributed by atoms with Crippen LogP contribution in [0.3, 0.4) is 0 Å². The van der Waals surface area contributed by atoms with Gasteiger partial charge in [-0.3, -0.25) is 0 Å². The van der Waals surface area contributed by atoms with Gasteiger partial charge in [0.2, 0.25) is 0 Å². The summed E-state index contributed by atoms with van der Waals surface area (Å²) in [6.45, 7) is 10.5. The van der Waals surface area contributed by atoms with Crippen molar-refractivity contribution in [2.75, 3.05) is 10.6 Å². The van der Waals surface area contributed by atoms with E-state index < -0.39 is 23.4 Å². The number of fused-ring (bicyclic) bond motifs is 2. The maximum Gasteiger partial charge on any atom is 0.424 e. The molecule has 0 unspecified atom stereocenters. The number of nitrogen functional groups attached to an aromatic ring is 1. The maximum atomic E-state index is 12.8. The number of halogens is 2. The van der Waals surface area contributed by atoms with Gasteiger partial charge >= 0.3 is 12.2 Å². The number of imide groups is 1. The summed E-state index contributed by atoms with van der Waals surface area (Å²) < 4.78 is 12.4. The molecule has 4 aromatic rings. The fraction of sp³-hybridized carbons (Fsp3) is 0.267. The monoisotopic (exact) mass is 642 g/mol. The summed E-state index contributed by atoms with van der Waals surface area (Å²) in [6, 6.07) is 23.3. The lowest BCUT2D eigenvalue weighted by Gasteiger charge is -2.29. The number of rotatable bonds is 1. The molecule has 0 heterocycles. The zero-order valence-corrected chi connectivity index (χ0v) is 25.5. The highest BCUT2D eigenvalue weighted by Gasteiger charge is 2.34. The second-order valence-electron chi connectivity index (χ2n) is 10.6.